The molecule has 2 aliphatic rings. The average molecular weight is 381 g/mol. The average Bonchev–Trinajstić information content (AvgIpc) is 2.72. The summed E-state index contributed by atoms with van der Waals surface area (Å²) in [5.74, 6) is -1.73. The first-order chi connectivity index (χ1) is 13.5. The number of carbonyl (C=O) groups is 1. The summed E-state index contributed by atoms with van der Waals surface area (Å²) in [7, 11) is 0. The number of carboxylic acid groups (broad SMARTS) is 1. The lowest BCUT2D eigenvalue weighted by molar-refractivity contribution is -0.138. The van der Waals surface area contributed by atoms with Gasteiger partial charge in [-0.25, -0.2) is 4.39 Å². The molecule has 0 aromatic heterocycles. The minimum Gasteiger partial charge on any atom is -0.481 e. The molecule has 1 N–H and O–H groups in total. The smallest absolute Gasteiger partial charge is 0.314 e. The molecule has 2 unspecified atom stereocenters. The van der Waals surface area contributed by atoms with Crippen molar-refractivity contribution in [2.24, 2.45) is 17.8 Å². The Morgan fingerprint density at radius 2 is 2.00 bits per heavy atom. The molecular weight excluding hydrogens is 353 g/mol. The van der Waals surface area contributed by atoms with Gasteiger partial charge in [-0.05, 0) is 42.4 Å². The first-order valence-electron chi connectivity index (χ1n) is 10.3. The lowest BCUT2D eigenvalue weighted by atomic mass is 9.60. The van der Waals surface area contributed by atoms with Gasteiger partial charge in [0.1, 0.15) is 5.83 Å². The molecule has 1 aromatic rings. The van der Waals surface area contributed by atoms with Crippen LogP contribution in [0.1, 0.15) is 63.0 Å². The summed E-state index contributed by atoms with van der Waals surface area (Å²) in [5.41, 5.74) is 0.0782. The summed E-state index contributed by atoms with van der Waals surface area (Å²) >= 11 is 0. The Morgan fingerprint density at radius 1 is 1.29 bits per heavy atom. The summed E-state index contributed by atoms with van der Waals surface area (Å²) in [5, 5.41) is 18.9. The van der Waals surface area contributed by atoms with Crippen LogP contribution in [0.25, 0.3) is 0 Å². The summed E-state index contributed by atoms with van der Waals surface area (Å²) in [6, 6.07) is 9.35. The van der Waals surface area contributed by atoms with Crippen molar-refractivity contribution in [1.29, 1.82) is 5.26 Å². The van der Waals surface area contributed by atoms with Crippen molar-refractivity contribution in [3.63, 3.8) is 0 Å². The fraction of sp³-hybridized carbons (Fsp3) is 0.500. The minimum atomic E-state index is -1.06. The van der Waals surface area contributed by atoms with E-state index in [9.17, 15) is 15.2 Å². The van der Waals surface area contributed by atoms with Gasteiger partial charge in [-0.1, -0.05) is 69.4 Å². The predicted octanol–water partition coefficient (Wildman–Crippen LogP) is 5.92. The fourth-order valence-corrected chi connectivity index (χ4v) is 4.95. The van der Waals surface area contributed by atoms with Crippen molar-refractivity contribution in [2.75, 3.05) is 0 Å². The summed E-state index contributed by atoms with van der Waals surface area (Å²) in [4.78, 5) is 11.4. The standard InChI is InChI=1S/C24H28FNO2/c1-2-3-6-17-9-11-20(12-10-17)24(21-8-5-4-7-19(21)16-26)14-13-18(23(27)28)15-22(24)25/h4-5,7-8,13-15,17-18,20H,2-3,6,9-12H2,1H3,(H,27,28)/t17-,18?,20-,24?. The quantitative estimate of drug-likeness (QED) is 0.623. The molecule has 1 fully saturated rings. The second-order valence-electron chi connectivity index (χ2n) is 8.12. The van der Waals surface area contributed by atoms with Crippen molar-refractivity contribution in [3.05, 3.63) is 59.4 Å². The van der Waals surface area contributed by atoms with Crippen LogP contribution >= 0.6 is 0 Å². The lowest BCUT2D eigenvalue weighted by Gasteiger charge is -2.43. The van der Waals surface area contributed by atoms with Crippen LogP contribution in [0.15, 0.2) is 48.3 Å². The van der Waals surface area contributed by atoms with Gasteiger partial charge >= 0.3 is 5.97 Å². The minimum absolute atomic E-state index is 0.0297. The van der Waals surface area contributed by atoms with Gasteiger partial charge in [0.2, 0.25) is 0 Å². The van der Waals surface area contributed by atoms with E-state index < -0.39 is 23.1 Å². The van der Waals surface area contributed by atoms with E-state index in [1.165, 1.54) is 25.3 Å². The van der Waals surface area contributed by atoms with E-state index in [0.29, 0.717) is 17.0 Å². The number of rotatable bonds is 6. The Bertz CT molecular complexity index is 814. The van der Waals surface area contributed by atoms with E-state index in [2.05, 4.69) is 13.0 Å². The third kappa shape index (κ3) is 3.76. The van der Waals surface area contributed by atoms with Crippen LogP contribution in [-0.4, -0.2) is 11.1 Å². The molecule has 0 radical (unpaired) electrons. The van der Waals surface area contributed by atoms with Crippen LogP contribution in [0.5, 0.6) is 0 Å². The largest absolute Gasteiger partial charge is 0.481 e. The SMILES string of the molecule is CCCC[C@H]1CC[C@H](C2(c3ccccc3C#N)C=CC(C(=O)O)C=C2F)CC1. The predicted molar refractivity (Wildman–Crippen MR) is 107 cm³/mol. The molecule has 1 saturated carbocycles. The van der Waals surface area contributed by atoms with Gasteiger partial charge < -0.3 is 5.11 Å². The maximum absolute atomic E-state index is 15.6. The number of unbranched alkanes of at least 4 members (excludes halogenated alkanes) is 1. The van der Waals surface area contributed by atoms with E-state index >= 15 is 4.39 Å². The molecule has 3 nitrogen and oxygen atoms in total. The molecule has 2 atom stereocenters. The van der Waals surface area contributed by atoms with E-state index in [1.807, 2.05) is 12.1 Å². The zero-order valence-corrected chi connectivity index (χ0v) is 16.4. The highest BCUT2D eigenvalue weighted by Crippen LogP contribution is 2.51. The number of hydrogen-bond acceptors (Lipinski definition) is 2. The van der Waals surface area contributed by atoms with E-state index in [-0.39, 0.29) is 5.92 Å². The molecule has 0 bridgehead atoms. The maximum atomic E-state index is 15.6. The highest BCUT2D eigenvalue weighted by Gasteiger charge is 2.47. The molecule has 0 heterocycles. The Kier molecular flexibility index (Phi) is 6.34. The van der Waals surface area contributed by atoms with Crippen molar-refractivity contribution in [3.8, 4) is 6.07 Å². The van der Waals surface area contributed by atoms with Crippen LogP contribution in [0.2, 0.25) is 0 Å². The molecule has 0 aliphatic heterocycles. The Morgan fingerprint density at radius 3 is 2.61 bits per heavy atom. The Balaban J connectivity index is 1.98. The van der Waals surface area contributed by atoms with Gasteiger partial charge in [0.15, 0.2) is 0 Å². The monoisotopic (exact) mass is 381 g/mol. The van der Waals surface area contributed by atoms with Crippen LogP contribution in [0.4, 0.5) is 4.39 Å². The van der Waals surface area contributed by atoms with E-state index in [1.54, 1.807) is 24.3 Å². The second kappa shape index (κ2) is 8.73. The molecule has 4 heteroatoms. The molecule has 28 heavy (non-hydrogen) atoms. The first-order valence-corrected chi connectivity index (χ1v) is 10.3. The number of benzene rings is 1. The number of nitrogens with zero attached hydrogens (tertiary/aromatic N) is 1. The van der Waals surface area contributed by atoms with Crippen LogP contribution < -0.4 is 0 Å². The number of allylic oxidation sites excluding steroid dienone is 2. The topological polar surface area (TPSA) is 61.1 Å². The van der Waals surface area contributed by atoms with Gasteiger partial charge in [-0.3, -0.25) is 4.79 Å². The zero-order chi connectivity index (χ0) is 20.1. The second-order valence-corrected chi connectivity index (χ2v) is 8.12. The summed E-state index contributed by atoms with van der Waals surface area (Å²) < 4.78 is 15.6. The van der Waals surface area contributed by atoms with Crippen molar-refractivity contribution in [2.45, 2.75) is 57.3 Å². The van der Waals surface area contributed by atoms with Gasteiger partial charge in [0.25, 0.3) is 0 Å². The number of hydrogen-bond donors (Lipinski definition) is 1. The van der Waals surface area contributed by atoms with Gasteiger partial charge in [-0.2, -0.15) is 5.26 Å². The molecule has 3 rings (SSSR count). The molecule has 0 saturated heterocycles. The highest BCUT2D eigenvalue weighted by molar-refractivity contribution is 5.75. The number of aliphatic carboxylic acids is 1. The zero-order valence-electron chi connectivity index (χ0n) is 16.4. The van der Waals surface area contributed by atoms with Gasteiger partial charge in [0, 0.05) is 0 Å². The van der Waals surface area contributed by atoms with Gasteiger partial charge in [-0.15, -0.1) is 0 Å². The number of carboxylic acids is 1. The first kappa shape index (κ1) is 20.3. The van der Waals surface area contributed by atoms with E-state index in [4.69, 9.17) is 0 Å². The normalized spacial score (nSPS) is 29.8. The third-order valence-electron chi connectivity index (χ3n) is 6.52. The highest BCUT2D eigenvalue weighted by atomic mass is 19.1. The Hall–Kier alpha value is -2.41. The van der Waals surface area contributed by atoms with Crippen LogP contribution in [-0.2, 0) is 10.2 Å². The molecule has 0 amide bonds. The third-order valence-corrected chi connectivity index (χ3v) is 6.52. The van der Waals surface area contributed by atoms with Crippen molar-refractivity contribution < 1.29 is 14.3 Å². The molecule has 2 aliphatic carbocycles. The molecular formula is C24H28FNO2. The summed E-state index contributed by atoms with van der Waals surface area (Å²) in [6.07, 6.45) is 12.1. The van der Waals surface area contributed by atoms with Crippen LogP contribution in [0.3, 0.4) is 0 Å². The van der Waals surface area contributed by atoms with Crippen molar-refractivity contribution >= 4 is 5.97 Å². The maximum Gasteiger partial charge on any atom is 0.314 e. The molecule has 148 valence electrons. The molecule has 1 aromatic carbocycles. The van der Waals surface area contributed by atoms with Crippen LogP contribution in [0, 0.1) is 29.1 Å². The summed E-state index contributed by atoms with van der Waals surface area (Å²) in [6.45, 7) is 2.20. The number of nitriles is 1. The number of halogens is 1. The Labute approximate surface area is 166 Å². The van der Waals surface area contributed by atoms with Crippen molar-refractivity contribution in [1.82, 2.24) is 0 Å². The van der Waals surface area contributed by atoms with Gasteiger partial charge in [0.05, 0.1) is 23.0 Å². The fourth-order valence-electron chi connectivity index (χ4n) is 4.95. The molecule has 0 spiro atoms. The lowest BCUT2D eigenvalue weighted by Crippen LogP contribution is -2.39. The van der Waals surface area contributed by atoms with E-state index in [0.717, 1.165) is 25.7 Å².